The van der Waals surface area contributed by atoms with Gasteiger partial charge in [-0.15, -0.1) is 0 Å². The molecule has 2 aliphatic rings. The molecule has 3 heterocycles. The predicted octanol–water partition coefficient (Wildman–Crippen LogP) is 4.45. The molecule has 0 N–H and O–H groups in total. The number of amides is 1. The Morgan fingerprint density at radius 1 is 0.882 bits per heavy atom. The molecule has 34 heavy (non-hydrogen) atoms. The zero-order valence-corrected chi connectivity index (χ0v) is 19.9. The van der Waals surface area contributed by atoms with Crippen LogP contribution in [0.1, 0.15) is 36.0 Å². The van der Waals surface area contributed by atoms with Crippen LogP contribution in [0.15, 0.2) is 60.8 Å². The quantitative estimate of drug-likeness (QED) is 0.490. The molecule has 2 fully saturated rings. The minimum Gasteiger partial charge on any atom is -0.494 e. The molecule has 0 atom stereocenters. The van der Waals surface area contributed by atoms with Crippen molar-refractivity contribution in [1.82, 2.24) is 14.8 Å². The highest BCUT2D eigenvalue weighted by atomic mass is 16.5. The fourth-order valence-corrected chi connectivity index (χ4v) is 4.97. The van der Waals surface area contributed by atoms with Gasteiger partial charge < -0.3 is 19.4 Å². The van der Waals surface area contributed by atoms with Crippen molar-refractivity contribution in [3.05, 3.63) is 66.4 Å². The molecule has 0 unspecified atom stereocenters. The lowest BCUT2D eigenvalue weighted by Gasteiger charge is -2.36. The number of piperazine rings is 1. The van der Waals surface area contributed by atoms with Crippen LogP contribution >= 0.6 is 0 Å². The number of fused-ring (bicyclic) bond motifs is 1. The van der Waals surface area contributed by atoms with E-state index in [4.69, 9.17) is 4.74 Å². The number of carbonyl (C=O) groups is 1. The van der Waals surface area contributed by atoms with Gasteiger partial charge in [0.05, 0.1) is 12.1 Å². The zero-order chi connectivity index (χ0) is 23.2. The predicted molar refractivity (Wildman–Crippen MR) is 137 cm³/mol. The number of benzene rings is 2. The van der Waals surface area contributed by atoms with Gasteiger partial charge in [0.1, 0.15) is 5.75 Å². The van der Waals surface area contributed by atoms with Crippen molar-refractivity contribution in [1.29, 1.82) is 0 Å². The highest BCUT2D eigenvalue weighted by Crippen LogP contribution is 2.22. The van der Waals surface area contributed by atoms with Gasteiger partial charge in [-0.3, -0.25) is 9.78 Å². The number of likely N-dealkylation sites (tertiary alicyclic amines) is 1. The summed E-state index contributed by atoms with van der Waals surface area (Å²) in [6, 6.07) is 18.1. The molecule has 0 aliphatic carbocycles. The molecule has 2 saturated heterocycles. The maximum atomic E-state index is 13.0. The largest absolute Gasteiger partial charge is 0.494 e. The van der Waals surface area contributed by atoms with Crippen molar-refractivity contribution in [2.24, 2.45) is 0 Å². The smallest absolute Gasteiger partial charge is 0.253 e. The van der Waals surface area contributed by atoms with Crippen molar-refractivity contribution in [2.45, 2.75) is 25.7 Å². The first-order chi connectivity index (χ1) is 16.8. The van der Waals surface area contributed by atoms with Crippen LogP contribution in [0.2, 0.25) is 0 Å². The van der Waals surface area contributed by atoms with E-state index in [0.29, 0.717) is 0 Å². The van der Waals surface area contributed by atoms with E-state index in [1.165, 1.54) is 38.0 Å². The number of aromatic nitrogens is 1. The topological polar surface area (TPSA) is 48.9 Å². The van der Waals surface area contributed by atoms with Gasteiger partial charge in [0.25, 0.3) is 5.91 Å². The fourth-order valence-electron chi connectivity index (χ4n) is 4.97. The Morgan fingerprint density at radius 2 is 1.68 bits per heavy atom. The first kappa shape index (κ1) is 22.7. The SMILES string of the molecule is O=C(c1ccc2ncccc2c1)N1CCN(c2ccc(OCCCN3CCCCC3)cc2)CC1. The molecule has 0 radical (unpaired) electrons. The molecule has 6 nitrogen and oxygen atoms in total. The lowest BCUT2D eigenvalue weighted by molar-refractivity contribution is 0.0747. The van der Waals surface area contributed by atoms with E-state index in [0.717, 1.165) is 68.0 Å². The molecular weight excluding hydrogens is 424 g/mol. The summed E-state index contributed by atoms with van der Waals surface area (Å²) in [5.41, 5.74) is 2.83. The maximum absolute atomic E-state index is 13.0. The van der Waals surface area contributed by atoms with E-state index in [-0.39, 0.29) is 5.91 Å². The number of rotatable bonds is 7. The fraction of sp³-hybridized carbons (Fsp3) is 0.429. The van der Waals surface area contributed by atoms with E-state index in [2.05, 4.69) is 39.0 Å². The van der Waals surface area contributed by atoms with E-state index in [9.17, 15) is 4.79 Å². The van der Waals surface area contributed by atoms with Crippen molar-refractivity contribution in [2.75, 3.05) is 57.3 Å². The van der Waals surface area contributed by atoms with E-state index in [1.54, 1.807) is 6.20 Å². The number of pyridine rings is 1. The third-order valence-corrected chi connectivity index (χ3v) is 6.95. The summed E-state index contributed by atoms with van der Waals surface area (Å²) < 4.78 is 5.96. The average Bonchev–Trinajstić information content (AvgIpc) is 2.91. The van der Waals surface area contributed by atoms with Crippen LogP contribution < -0.4 is 9.64 Å². The summed E-state index contributed by atoms with van der Waals surface area (Å²) in [6.45, 7) is 7.49. The van der Waals surface area contributed by atoms with Crippen LogP contribution in [-0.2, 0) is 0 Å². The molecular formula is C28H34N4O2. The molecule has 3 aromatic rings. The number of carbonyl (C=O) groups excluding carboxylic acids is 1. The second-order valence-corrected chi connectivity index (χ2v) is 9.29. The second kappa shape index (κ2) is 10.9. The Morgan fingerprint density at radius 3 is 2.47 bits per heavy atom. The van der Waals surface area contributed by atoms with Crippen molar-refractivity contribution in [3.8, 4) is 5.75 Å². The first-order valence-electron chi connectivity index (χ1n) is 12.6. The normalized spacial score (nSPS) is 17.2. The van der Waals surface area contributed by atoms with E-state index in [1.807, 2.05) is 35.2 Å². The van der Waals surface area contributed by atoms with Crippen LogP contribution in [0.5, 0.6) is 5.75 Å². The number of anilines is 1. The number of nitrogens with zero attached hydrogens (tertiary/aromatic N) is 4. The third-order valence-electron chi connectivity index (χ3n) is 6.95. The molecule has 0 spiro atoms. The summed E-state index contributed by atoms with van der Waals surface area (Å²) >= 11 is 0. The summed E-state index contributed by atoms with van der Waals surface area (Å²) in [7, 11) is 0. The van der Waals surface area contributed by atoms with Crippen LogP contribution in [0, 0.1) is 0 Å². The number of hydrogen-bond donors (Lipinski definition) is 0. The van der Waals surface area contributed by atoms with Crippen molar-refractivity contribution in [3.63, 3.8) is 0 Å². The Labute approximate surface area is 202 Å². The second-order valence-electron chi connectivity index (χ2n) is 9.29. The minimum atomic E-state index is 0.0960. The van der Waals surface area contributed by atoms with Gasteiger partial charge in [-0.25, -0.2) is 0 Å². The third kappa shape index (κ3) is 5.50. The number of hydrogen-bond acceptors (Lipinski definition) is 5. The maximum Gasteiger partial charge on any atom is 0.253 e. The Bertz CT molecular complexity index is 1090. The number of ether oxygens (including phenoxy) is 1. The lowest BCUT2D eigenvalue weighted by Crippen LogP contribution is -2.48. The van der Waals surface area contributed by atoms with Crippen molar-refractivity contribution >= 4 is 22.5 Å². The lowest BCUT2D eigenvalue weighted by atomic mass is 10.1. The molecule has 6 heteroatoms. The van der Waals surface area contributed by atoms with Gasteiger partial charge >= 0.3 is 0 Å². The highest BCUT2D eigenvalue weighted by Gasteiger charge is 2.22. The van der Waals surface area contributed by atoms with Crippen LogP contribution in [0.3, 0.4) is 0 Å². The number of piperidine rings is 1. The highest BCUT2D eigenvalue weighted by molar-refractivity contribution is 5.98. The van der Waals surface area contributed by atoms with Crippen LogP contribution in [0.25, 0.3) is 10.9 Å². The van der Waals surface area contributed by atoms with Gasteiger partial charge in [-0.05, 0) is 80.9 Å². The van der Waals surface area contributed by atoms with Gasteiger partial charge in [-0.2, -0.15) is 0 Å². The average molecular weight is 459 g/mol. The van der Waals surface area contributed by atoms with Gasteiger partial charge in [0, 0.05) is 55.6 Å². The molecule has 2 aromatic carbocycles. The van der Waals surface area contributed by atoms with Crippen LogP contribution in [0.4, 0.5) is 5.69 Å². The molecule has 0 saturated carbocycles. The van der Waals surface area contributed by atoms with E-state index >= 15 is 0 Å². The summed E-state index contributed by atoms with van der Waals surface area (Å²) in [5, 5.41) is 1.00. The van der Waals surface area contributed by atoms with Gasteiger partial charge in [-0.1, -0.05) is 12.5 Å². The van der Waals surface area contributed by atoms with E-state index < -0.39 is 0 Å². The standard InChI is InChI=1S/C28H34N4O2/c33-28(24-7-12-27-23(22-24)6-4-13-29-27)32-19-17-31(18-20-32)25-8-10-26(11-9-25)34-21-5-16-30-14-2-1-3-15-30/h4,6-13,22H,1-3,5,14-21H2. The van der Waals surface area contributed by atoms with Gasteiger partial charge in [0.15, 0.2) is 0 Å². The van der Waals surface area contributed by atoms with Gasteiger partial charge in [0.2, 0.25) is 0 Å². The molecule has 1 aromatic heterocycles. The van der Waals surface area contributed by atoms with Crippen molar-refractivity contribution < 1.29 is 9.53 Å². The molecule has 2 aliphatic heterocycles. The Hall–Kier alpha value is -3.12. The Balaban J connectivity index is 1.08. The summed E-state index contributed by atoms with van der Waals surface area (Å²) in [6.07, 6.45) is 6.91. The monoisotopic (exact) mass is 458 g/mol. The van der Waals surface area contributed by atoms with Crippen LogP contribution in [-0.4, -0.2) is 73.1 Å². The zero-order valence-electron chi connectivity index (χ0n) is 19.9. The Kier molecular flexibility index (Phi) is 7.25. The minimum absolute atomic E-state index is 0.0960. The molecule has 178 valence electrons. The molecule has 1 amide bonds. The first-order valence-corrected chi connectivity index (χ1v) is 12.6. The summed E-state index contributed by atoms with van der Waals surface area (Å²) in [5.74, 6) is 1.03. The molecule has 0 bridgehead atoms. The summed E-state index contributed by atoms with van der Waals surface area (Å²) in [4.78, 5) is 24.2. The molecule has 5 rings (SSSR count).